The van der Waals surface area contributed by atoms with Gasteiger partial charge in [0.05, 0.1) is 26.7 Å². The molecule has 5 heteroatoms. The number of hydrogen-bond acceptors (Lipinski definition) is 3. The molecule has 5 nitrogen and oxygen atoms in total. The van der Waals surface area contributed by atoms with Crippen molar-refractivity contribution in [3.05, 3.63) is 59.3 Å². The third-order valence-electron chi connectivity index (χ3n) is 5.08. The highest BCUT2D eigenvalue weighted by Gasteiger charge is 2.26. The molecule has 1 amide bonds. The highest BCUT2D eigenvalue weighted by molar-refractivity contribution is 5.89. The van der Waals surface area contributed by atoms with Crippen LogP contribution in [0.3, 0.4) is 0 Å². The van der Waals surface area contributed by atoms with Gasteiger partial charge in [-0.3, -0.25) is 4.79 Å². The molecule has 1 aromatic heterocycles. The minimum absolute atomic E-state index is 0.0162. The first-order valence-corrected chi connectivity index (χ1v) is 8.78. The number of carbonyl (C=O) groups is 1. The summed E-state index contributed by atoms with van der Waals surface area (Å²) in [7, 11) is 3.27. The molecule has 26 heavy (non-hydrogen) atoms. The first-order chi connectivity index (χ1) is 12.7. The molecular weight excluding hydrogens is 328 g/mol. The molecule has 1 heterocycles. The van der Waals surface area contributed by atoms with Crippen molar-refractivity contribution >= 4 is 16.8 Å². The van der Waals surface area contributed by atoms with Crippen molar-refractivity contribution in [1.29, 1.82) is 0 Å². The van der Waals surface area contributed by atoms with Crippen LogP contribution in [0.2, 0.25) is 0 Å². The summed E-state index contributed by atoms with van der Waals surface area (Å²) < 4.78 is 10.8. The molecule has 0 bridgehead atoms. The molecule has 0 unspecified atom stereocenters. The summed E-state index contributed by atoms with van der Waals surface area (Å²) in [5.41, 5.74) is 4.40. The number of aromatic nitrogens is 1. The van der Waals surface area contributed by atoms with Crippen LogP contribution in [0.25, 0.3) is 10.9 Å². The second kappa shape index (κ2) is 6.75. The molecule has 3 aromatic rings. The number of aryl methyl sites for hydroxylation is 1. The summed E-state index contributed by atoms with van der Waals surface area (Å²) in [6, 6.07) is 12.0. The van der Waals surface area contributed by atoms with Gasteiger partial charge in [-0.25, -0.2) is 0 Å². The fourth-order valence-corrected chi connectivity index (χ4v) is 3.78. The number of amides is 1. The van der Waals surface area contributed by atoms with Crippen LogP contribution in [0, 0.1) is 0 Å². The second-order valence-electron chi connectivity index (χ2n) is 6.60. The van der Waals surface area contributed by atoms with E-state index < -0.39 is 0 Å². The molecule has 2 aromatic carbocycles. The molecular formula is C21H22N2O3. The number of hydrogen-bond donors (Lipinski definition) is 2. The Balaban J connectivity index is 1.51. The zero-order valence-electron chi connectivity index (χ0n) is 15.0. The number of rotatable bonds is 5. The molecule has 0 saturated heterocycles. The summed E-state index contributed by atoms with van der Waals surface area (Å²) >= 11 is 0. The molecule has 134 valence electrons. The average Bonchev–Trinajstić information content (AvgIpc) is 3.25. The maximum Gasteiger partial charge on any atom is 0.224 e. The lowest BCUT2D eigenvalue weighted by Gasteiger charge is -2.16. The smallest absolute Gasteiger partial charge is 0.224 e. The van der Waals surface area contributed by atoms with E-state index in [4.69, 9.17) is 9.47 Å². The third kappa shape index (κ3) is 2.90. The summed E-state index contributed by atoms with van der Waals surface area (Å²) in [4.78, 5) is 15.8. The van der Waals surface area contributed by atoms with Crippen molar-refractivity contribution in [2.45, 2.75) is 25.3 Å². The Morgan fingerprint density at radius 2 is 1.96 bits per heavy atom. The van der Waals surface area contributed by atoms with Crippen molar-refractivity contribution < 1.29 is 14.3 Å². The number of para-hydroxylation sites is 1. The van der Waals surface area contributed by atoms with E-state index in [-0.39, 0.29) is 11.9 Å². The molecule has 1 aliphatic carbocycles. The maximum atomic E-state index is 12.6. The van der Waals surface area contributed by atoms with Crippen LogP contribution in [-0.2, 0) is 17.6 Å². The number of H-pyrrole nitrogens is 1. The fraction of sp³-hybridized carbons (Fsp3) is 0.286. The van der Waals surface area contributed by atoms with Gasteiger partial charge in [-0.05, 0) is 47.7 Å². The molecule has 0 aliphatic heterocycles. The summed E-state index contributed by atoms with van der Waals surface area (Å²) in [6.07, 6.45) is 4.10. The minimum Gasteiger partial charge on any atom is -0.493 e. The number of fused-ring (bicyclic) bond motifs is 2. The van der Waals surface area contributed by atoms with Gasteiger partial charge in [-0.1, -0.05) is 18.2 Å². The van der Waals surface area contributed by atoms with Crippen LogP contribution >= 0.6 is 0 Å². The van der Waals surface area contributed by atoms with Gasteiger partial charge < -0.3 is 19.8 Å². The van der Waals surface area contributed by atoms with Gasteiger partial charge in [0.15, 0.2) is 11.5 Å². The standard InChI is InChI=1S/C21H22N2O3/c1-25-19-9-13-7-8-18(16(13)11-20(19)26-2)23-21(24)10-14-12-22-17-6-4-3-5-15(14)17/h3-6,9,11-12,18,22H,7-8,10H2,1-2H3,(H,23,24)/t18-/m0/s1. The van der Waals surface area contributed by atoms with E-state index in [0.29, 0.717) is 12.2 Å². The Morgan fingerprint density at radius 1 is 1.19 bits per heavy atom. The summed E-state index contributed by atoms with van der Waals surface area (Å²) in [5.74, 6) is 1.46. The molecule has 2 N–H and O–H groups in total. The molecule has 1 aliphatic rings. The molecule has 0 fully saturated rings. The fourth-order valence-electron chi connectivity index (χ4n) is 3.78. The maximum absolute atomic E-state index is 12.6. The van der Waals surface area contributed by atoms with Gasteiger partial charge in [-0.15, -0.1) is 0 Å². The van der Waals surface area contributed by atoms with E-state index in [0.717, 1.165) is 40.6 Å². The Labute approximate surface area is 152 Å². The van der Waals surface area contributed by atoms with Gasteiger partial charge in [0, 0.05) is 17.1 Å². The Bertz CT molecular complexity index is 961. The van der Waals surface area contributed by atoms with E-state index in [1.165, 1.54) is 5.56 Å². The number of benzene rings is 2. The van der Waals surface area contributed by atoms with Gasteiger partial charge in [0.1, 0.15) is 0 Å². The van der Waals surface area contributed by atoms with Gasteiger partial charge in [0.25, 0.3) is 0 Å². The second-order valence-corrected chi connectivity index (χ2v) is 6.60. The summed E-state index contributed by atoms with van der Waals surface area (Å²) in [6.45, 7) is 0. The van der Waals surface area contributed by atoms with E-state index in [1.807, 2.05) is 42.6 Å². The van der Waals surface area contributed by atoms with E-state index in [2.05, 4.69) is 10.3 Å². The monoisotopic (exact) mass is 350 g/mol. The zero-order chi connectivity index (χ0) is 18.1. The largest absolute Gasteiger partial charge is 0.493 e. The van der Waals surface area contributed by atoms with E-state index >= 15 is 0 Å². The van der Waals surface area contributed by atoms with Crippen LogP contribution in [0.5, 0.6) is 11.5 Å². The van der Waals surface area contributed by atoms with Crippen molar-refractivity contribution in [3.8, 4) is 11.5 Å². The van der Waals surface area contributed by atoms with E-state index in [9.17, 15) is 4.79 Å². The van der Waals surface area contributed by atoms with Crippen LogP contribution in [0.4, 0.5) is 0 Å². The average molecular weight is 350 g/mol. The highest BCUT2D eigenvalue weighted by atomic mass is 16.5. The third-order valence-corrected chi connectivity index (χ3v) is 5.08. The predicted octanol–water partition coefficient (Wildman–Crippen LogP) is 3.53. The predicted molar refractivity (Wildman–Crippen MR) is 101 cm³/mol. The Kier molecular flexibility index (Phi) is 4.29. The lowest BCUT2D eigenvalue weighted by atomic mass is 10.1. The number of aromatic amines is 1. The lowest BCUT2D eigenvalue weighted by molar-refractivity contribution is -0.121. The van der Waals surface area contributed by atoms with Crippen LogP contribution < -0.4 is 14.8 Å². The Hall–Kier alpha value is -2.95. The molecule has 1 atom stereocenters. The SMILES string of the molecule is COc1cc2c(cc1OC)[C@@H](NC(=O)Cc1c[nH]c3ccccc13)CC2. The molecule has 0 radical (unpaired) electrons. The number of ether oxygens (including phenoxy) is 2. The minimum atomic E-state index is 0.0162. The van der Waals surface area contributed by atoms with Gasteiger partial charge in [0.2, 0.25) is 5.91 Å². The van der Waals surface area contributed by atoms with Crippen molar-refractivity contribution in [1.82, 2.24) is 10.3 Å². The Morgan fingerprint density at radius 3 is 2.77 bits per heavy atom. The van der Waals surface area contributed by atoms with Crippen molar-refractivity contribution in [2.75, 3.05) is 14.2 Å². The van der Waals surface area contributed by atoms with Crippen molar-refractivity contribution in [3.63, 3.8) is 0 Å². The van der Waals surface area contributed by atoms with Crippen LogP contribution in [-0.4, -0.2) is 25.1 Å². The van der Waals surface area contributed by atoms with Gasteiger partial charge >= 0.3 is 0 Å². The number of carbonyl (C=O) groups excluding carboxylic acids is 1. The number of nitrogens with one attached hydrogen (secondary N) is 2. The van der Waals surface area contributed by atoms with Crippen molar-refractivity contribution in [2.24, 2.45) is 0 Å². The summed E-state index contributed by atoms with van der Waals surface area (Å²) in [5, 5.41) is 4.28. The van der Waals surface area contributed by atoms with E-state index in [1.54, 1.807) is 14.2 Å². The van der Waals surface area contributed by atoms with Crippen LogP contribution in [0.15, 0.2) is 42.6 Å². The molecule has 0 saturated carbocycles. The highest BCUT2D eigenvalue weighted by Crippen LogP contribution is 2.39. The number of methoxy groups -OCH3 is 2. The first-order valence-electron chi connectivity index (χ1n) is 8.78. The van der Waals surface area contributed by atoms with Gasteiger partial charge in [-0.2, -0.15) is 0 Å². The normalized spacial score (nSPS) is 15.7. The molecule has 4 rings (SSSR count). The van der Waals surface area contributed by atoms with Crippen LogP contribution in [0.1, 0.15) is 29.2 Å². The quantitative estimate of drug-likeness (QED) is 0.740. The molecule has 0 spiro atoms. The zero-order valence-corrected chi connectivity index (χ0v) is 15.0. The first kappa shape index (κ1) is 16.5. The lowest BCUT2D eigenvalue weighted by Crippen LogP contribution is -2.28. The topological polar surface area (TPSA) is 63.4 Å².